The third-order valence-corrected chi connectivity index (χ3v) is 3.31. The first-order chi connectivity index (χ1) is 11.3. The van der Waals surface area contributed by atoms with E-state index in [1.54, 1.807) is 7.05 Å². The van der Waals surface area contributed by atoms with Crippen molar-refractivity contribution in [1.29, 1.82) is 0 Å². The zero-order chi connectivity index (χ0) is 18.0. The highest BCUT2D eigenvalue weighted by molar-refractivity contribution is 14.0. The molecule has 6 nitrogen and oxygen atoms in total. The number of nitrogens with one attached hydrogen (secondary N) is 3. The molecule has 0 aliphatic heterocycles. The predicted molar refractivity (Wildman–Crippen MR) is 117 cm³/mol. The Kier molecular flexibility index (Phi) is 11.2. The minimum Gasteiger partial charge on any atom is -0.375 e. The quantitative estimate of drug-likeness (QED) is 0.252. The summed E-state index contributed by atoms with van der Waals surface area (Å²) < 4.78 is 0. The fraction of sp³-hybridized carbons (Fsp3) is 0.556. The number of hydrogen-bond acceptors (Lipinski definition) is 3. The van der Waals surface area contributed by atoms with Crippen LogP contribution in [-0.4, -0.2) is 51.1 Å². The maximum atomic E-state index is 11.8. The summed E-state index contributed by atoms with van der Waals surface area (Å²) in [6.45, 7) is 7.82. The first-order valence-corrected chi connectivity index (χ1v) is 8.33. The summed E-state index contributed by atoms with van der Waals surface area (Å²) in [6, 6.07) is 10.3. The summed E-state index contributed by atoms with van der Waals surface area (Å²) in [5, 5.41) is 9.16. The fourth-order valence-corrected chi connectivity index (χ4v) is 2.18. The lowest BCUT2D eigenvalue weighted by Crippen LogP contribution is -2.48. The van der Waals surface area contributed by atoms with Gasteiger partial charge in [-0.2, -0.15) is 0 Å². The fourth-order valence-electron chi connectivity index (χ4n) is 2.18. The van der Waals surface area contributed by atoms with Crippen LogP contribution in [0.25, 0.3) is 0 Å². The molecule has 0 saturated carbocycles. The van der Waals surface area contributed by atoms with Gasteiger partial charge in [-0.3, -0.25) is 9.79 Å². The van der Waals surface area contributed by atoms with Gasteiger partial charge in [0, 0.05) is 38.4 Å². The molecule has 1 aromatic rings. The molecule has 25 heavy (non-hydrogen) atoms. The van der Waals surface area contributed by atoms with Crippen LogP contribution < -0.4 is 20.9 Å². The van der Waals surface area contributed by atoms with E-state index < -0.39 is 0 Å². The van der Waals surface area contributed by atoms with E-state index >= 15 is 0 Å². The number of amides is 1. The van der Waals surface area contributed by atoms with E-state index in [0.717, 1.165) is 19.5 Å². The van der Waals surface area contributed by atoms with Crippen molar-refractivity contribution in [2.75, 3.05) is 38.6 Å². The van der Waals surface area contributed by atoms with Crippen LogP contribution in [0.1, 0.15) is 27.2 Å². The maximum absolute atomic E-state index is 11.8. The highest BCUT2D eigenvalue weighted by Crippen LogP contribution is 2.10. The number of rotatable bonds is 7. The molecule has 0 bridgehead atoms. The van der Waals surface area contributed by atoms with E-state index in [0.29, 0.717) is 5.96 Å². The Hall–Kier alpha value is -1.51. The van der Waals surface area contributed by atoms with Crippen LogP contribution in [0.4, 0.5) is 5.69 Å². The summed E-state index contributed by atoms with van der Waals surface area (Å²) in [6.07, 6.45) is 0.973. The lowest BCUT2D eigenvalue weighted by molar-refractivity contribution is -0.121. The van der Waals surface area contributed by atoms with E-state index in [2.05, 4.69) is 45.0 Å². The number of para-hydroxylation sites is 1. The average molecular weight is 461 g/mol. The minimum absolute atomic E-state index is 0. The zero-order valence-electron chi connectivity index (χ0n) is 15.9. The van der Waals surface area contributed by atoms with Crippen LogP contribution >= 0.6 is 24.0 Å². The summed E-state index contributed by atoms with van der Waals surface area (Å²) in [5.41, 5.74) is 0.983. The first kappa shape index (κ1) is 23.5. The number of halogens is 1. The molecular formula is C18H32IN5O. The van der Waals surface area contributed by atoms with Crippen molar-refractivity contribution in [3.63, 3.8) is 0 Å². The third-order valence-electron chi connectivity index (χ3n) is 3.31. The summed E-state index contributed by atoms with van der Waals surface area (Å²) in [4.78, 5) is 18.1. The van der Waals surface area contributed by atoms with Gasteiger partial charge in [0.1, 0.15) is 0 Å². The summed E-state index contributed by atoms with van der Waals surface area (Å²) in [7, 11) is 3.78. The van der Waals surface area contributed by atoms with Crippen LogP contribution in [-0.2, 0) is 4.79 Å². The second-order valence-corrected chi connectivity index (χ2v) is 6.76. The van der Waals surface area contributed by atoms with E-state index in [9.17, 15) is 4.79 Å². The second kappa shape index (κ2) is 11.9. The molecule has 0 radical (unpaired) electrons. The second-order valence-electron chi connectivity index (χ2n) is 6.76. The highest BCUT2D eigenvalue weighted by Gasteiger charge is 2.13. The van der Waals surface area contributed by atoms with Crippen molar-refractivity contribution in [2.24, 2.45) is 4.99 Å². The molecule has 1 aromatic carbocycles. The molecule has 0 atom stereocenters. The number of anilines is 1. The zero-order valence-corrected chi connectivity index (χ0v) is 18.3. The van der Waals surface area contributed by atoms with Crippen LogP contribution in [0.3, 0.4) is 0 Å². The molecule has 0 saturated heterocycles. The smallest absolute Gasteiger partial charge is 0.239 e. The Morgan fingerprint density at radius 1 is 1.16 bits per heavy atom. The van der Waals surface area contributed by atoms with Crippen LogP contribution in [0.2, 0.25) is 0 Å². The van der Waals surface area contributed by atoms with Gasteiger partial charge in [-0.15, -0.1) is 24.0 Å². The van der Waals surface area contributed by atoms with Gasteiger partial charge in [0.2, 0.25) is 5.91 Å². The van der Waals surface area contributed by atoms with Crippen molar-refractivity contribution in [3.8, 4) is 0 Å². The first-order valence-electron chi connectivity index (χ1n) is 8.33. The third kappa shape index (κ3) is 10.9. The number of guanidine groups is 1. The minimum atomic E-state index is -0.224. The van der Waals surface area contributed by atoms with E-state index in [1.807, 2.05) is 39.0 Å². The molecular weight excluding hydrogens is 429 g/mol. The number of nitrogens with zero attached hydrogens (tertiary/aromatic N) is 2. The molecule has 0 fully saturated rings. The van der Waals surface area contributed by atoms with E-state index in [4.69, 9.17) is 0 Å². The Balaban J connectivity index is 0.00000576. The van der Waals surface area contributed by atoms with Crippen LogP contribution in [0.15, 0.2) is 35.3 Å². The molecule has 142 valence electrons. The molecule has 3 N–H and O–H groups in total. The summed E-state index contributed by atoms with van der Waals surface area (Å²) >= 11 is 0. The monoisotopic (exact) mass is 461 g/mol. The van der Waals surface area contributed by atoms with Gasteiger partial charge in [0.05, 0.1) is 6.54 Å². The lowest BCUT2D eigenvalue weighted by atomic mass is 10.1. The van der Waals surface area contributed by atoms with E-state index in [1.165, 1.54) is 5.69 Å². The molecule has 0 heterocycles. The molecule has 0 aliphatic carbocycles. The Bertz CT molecular complexity index is 528. The van der Waals surface area contributed by atoms with Crippen LogP contribution in [0.5, 0.6) is 0 Å². The number of carbonyl (C=O) groups is 1. The van der Waals surface area contributed by atoms with Gasteiger partial charge in [-0.05, 0) is 39.3 Å². The number of aliphatic imine (C=N–C) groups is 1. The van der Waals surface area contributed by atoms with Crippen molar-refractivity contribution >= 4 is 41.5 Å². The predicted octanol–water partition coefficient (Wildman–Crippen LogP) is 2.21. The molecule has 1 amide bonds. The van der Waals surface area contributed by atoms with Gasteiger partial charge in [-0.25, -0.2) is 0 Å². The van der Waals surface area contributed by atoms with Gasteiger partial charge in [-0.1, -0.05) is 18.2 Å². The van der Waals surface area contributed by atoms with Crippen molar-refractivity contribution < 1.29 is 4.79 Å². The summed E-state index contributed by atoms with van der Waals surface area (Å²) in [5.74, 6) is 0.593. The number of carbonyl (C=O) groups excluding carboxylic acids is 1. The molecule has 7 heteroatoms. The molecule has 0 spiro atoms. The largest absolute Gasteiger partial charge is 0.375 e. The van der Waals surface area contributed by atoms with Gasteiger partial charge in [0.25, 0.3) is 0 Å². The molecule has 1 rings (SSSR count). The molecule has 0 aromatic heterocycles. The Morgan fingerprint density at radius 3 is 2.36 bits per heavy atom. The number of benzene rings is 1. The normalized spacial score (nSPS) is 11.3. The topological polar surface area (TPSA) is 68.8 Å². The maximum Gasteiger partial charge on any atom is 0.239 e. The average Bonchev–Trinajstić information content (AvgIpc) is 2.53. The van der Waals surface area contributed by atoms with Crippen molar-refractivity contribution in [3.05, 3.63) is 30.3 Å². The van der Waals surface area contributed by atoms with Gasteiger partial charge >= 0.3 is 0 Å². The van der Waals surface area contributed by atoms with Crippen LogP contribution in [0, 0.1) is 0 Å². The van der Waals surface area contributed by atoms with Crippen molar-refractivity contribution in [2.45, 2.75) is 32.7 Å². The highest BCUT2D eigenvalue weighted by atomic mass is 127. The van der Waals surface area contributed by atoms with Crippen molar-refractivity contribution in [1.82, 2.24) is 16.0 Å². The number of hydrogen-bond donors (Lipinski definition) is 3. The van der Waals surface area contributed by atoms with Gasteiger partial charge in [0.15, 0.2) is 5.96 Å². The van der Waals surface area contributed by atoms with E-state index in [-0.39, 0.29) is 42.0 Å². The molecule has 0 aliphatic rings. The lowest BCUT2D eigenvalue weighted by Gasteiger charge is -2.21. The van der Waals surface area contributed by atoms with Gasteiger partial charge < -0.3 is 20.9 Å². The molecule has 0 unspecified atom stereocenters. The standard InChI is InChI=1S/C18H31N5O.HI/c1-18(2,3)22-16(24)14-21-17(19-4)20-12-9-13-23(5)15-10-7-6-8-11-15;/h6-8,10-11H,9,12-14H2,1-5H3,(H,22,24)(H2,19,20,21);1H. The Morgan fingerprint density at radius 2 is 1.80 bits per heavy atom. The SMILES string of the molecule is CN=C(NCCCN(C)c1ccccc1)NCC(=O)NC(C)(C)C.I. The Labute approximate surface area is 168 Å².